The van der Waals surface area contributed by atoms with Gasteiger partial charge in [-0.05, 0) is 30.5 Å². The van der Waals surface area contributed by atoms with E-state index in [-0.39, 0.29) is 5.97 Å². The lowest BCUT2D eigenvalue weighted by atomic mass is 10.0. The molecule has 1 aromatic carbocycles. The van der Waals surface area contributed by atoms with Crippen molar-refractivity contribution in [2.75, 3.05) is 7.11 Å². The number of ether oxygens (including phenoxy) is 1. The number of rotatable bonds is 11. The maximum absolute atomic E-state index is 11.5. The van der Waals surface area contributed by atoms with Gasteiger partial charge in [-0.3, -0.25) is 0 Å². The van der Waals surface area contributed by atoms with Gasteiger partial charge in [0.25, 0.3) is 0 Å². The topological polar surface area (TPSA) is 26.3 Å². The maximum Gasteiger partial charge on any atom is 0.337 e. The van der Waals surface area contributed by atoms with Crippen molar-refractivity contribution in [1.82, 2.24) is 0 Å². The molecular formula is C19H30O2. The quantitative estimate of drug-likeness (QED) is 0.394. The zero-order valence-corrected chi connectivity index (χ0v) is 13.7. The van der Waals surface area contributed by atoms with E-state index in [0.29, 0.717) is 5.56 Å². The van der Waals surface area contributed by atoms with Crippen molar-refractivity contribution in [2.45, 2.75) is 71.1 Å². The fourth-order valence-corrected chi connectivity index (χ4v) is 2.61. The average Bonchev–Trinajstić information content (AvgIpc) is 2.53. The minimum atomic E-state index is -0.246. The molecule has 0 heterocycles. The van der Waals surface area contributed by atoms with Crippen LogP contribution in [0.3, 0.4) is 0 Å². The van der Waals surface area contributed by atoms with Gasteiger partial charge in [-0.25, -0.2) is 4.79 Å². The van der Waals surface area contributed by atoms with Crippen molar-refractivity contribution in [3.8, 4) is 0 Å². The highest BCUT2D eigenvalue weighted by Crippen LogP contribution is 2.13. The van der Waals surface area contributed by atoms with Crippen LogP contribution in [0.15, 0.2) is 24.3 Å². The minimum Gasteiger partial charge on any atom is -0.465 e. The van der Waals surface area contributed by atoms with Gasteiger partial charge in [0.1, 0.15) is 0 Å². The van der Waals surface area contributed by atoms with Gasteiger partial charge >= 0.3 is 5.97 Å². The van der Waals surface area contributed by atoms with E-state index >= 15 is 0 Å². The molecule has 2 heteroatoms. The van der Waals surface area contributed by atoms with Crippen LogP contribution in [-0.2, 0) is 11.2 Å². The fraction of sp³-hybridized carbons (Fsp3) is 0.632. The largest absolute Gasteiger partial charge is 0.465 e. The summed E-state index contributed by atoms with van der Waals surface area (Å²) in [6, 6.07) is 7.80. The smallest absolute Gasteiger partial charge is 0.337 e. The summed E-state index contributed by atoms with van der Waals surface area (Å²) in [5.74, 6) is -0.246. The molecule has 0 radical (unpaired) electrons. The number of methoxy groups -OCH3 is 1. The van der Waals surface area contributed by atoms with Gasteiger partial charge in [-0.2, -0.15) is 0 Å². The first-order valence-corrected chi connectivity index (χ1v) is 8.45. The molecule has 0 atom stereocenters. The van der Waals surface area contributed by atoms with Gasteiger partial charge in [-0.1, -0.05) is 70.4 Å². The third kappa shape index (κ3) is 7.89. The summed E-state index contributed by atoms with van der Waals surface area (Å²) in [4.78, 5) is 11.5. The molecule has 0 bridgehead atoms. The molecule has 118 valence electrons. The van der Waals surface area contributed by atoms with E-state index in [0.717, 1.165) is 6.42 Å². The molecule has 0 aliphatic heterocycles. The van der Waals surface area contributed by atoms with Crippen molar-refractivity contribution in [2.24, 2.45) is 0 Å². The summed E-state index contributed by atoms with van der Waals surface area (Å²) in [6.07, 6.45) is 13.1. The predicted molar refractivity (Wildman–Crippen MR) is 88.7 cm³/mol. The second kappa shape index (κ2) is 11.4. The summed E-state index contributed by atoms with van der Waals surface area (Å²) in [6.45, 7) is 2.26. The Bertz CT molecular complexity index is 398. The summed E-state index contributed by atoms with van der Waals surface area (Å²) in [5, 5.41) is 0. The van der Waals surface area contributed by atoms with Crippen LogP contribution < -0.4 is 0 Å². The zero-order chi connectivity index (χ0) is 15.3. The zero-order valence-electron chi connectivity index (χ0n) is 13.7. The predicted octanol–water partition coefficient (Wildman–Crippen LogP) is 5.55. The Kier molecular flexibility index (Phi) is 9.60. The number of carbonyl (C=O) groups excluding carboxylic acids is 1. The van der Waals surface area contributed by atoms with Gasteiger partial charge < -0.3 is 4.74 Å². The molecule has 0 amide bonds. The van der Waals surface area contributed by atoms with E-state index in [1.165, 1.54) is 70.5 Å². The second-order valence-electron chi connectivity index (χ2n) is 5.77. The highest BCUT2D eigenvalue weighted by atomic mass is 16.5. The number of aryl methyl sites for hydroxylation is 1. The molecule has 0 aliphatic carbocycles. The third-order valence-electron chi connectivity index (χ3n) is 3.92. The van der Waals surface area contributed by atoms with Crippen molar-refractivity contribution in [1.29, 1.82) is 0 Å². The Labute approximate surface area is 129 Å². The lowest BCUT2D eigenvalue weighted by Gasteiger charge is -2.05. The molecule has 1 rings (SSSR count). The fourth-order valence-electron chi connectivity index (χ4n) is 2.61. The summed E-state index contributed by atoms with van der Waals surface area (Å²) in [5.41, 5.74) is 1.90. The van der Waals surface area contributed by atoms with Crippen molar-refractivity contribution in [3.63, 3.8) is 0 Å². The van der Waals surface area contributed by atoms with E-state index in [4.69, 9.17) is 4.74 Å². The first-order chi connectivity index (χ1) is 10.3. The minimum absolute atomic E-state index is 0.246. The molecule has 1 aromatic rings. The molecule has 2 nitrogen and oxygen atoms in total. The lowest BCUT2D eigenvalue weighted by Crippen LogP contribution is -2.01. The Morgan fingerprint density at radius 1 is 0.952 bits per heavy atom. The van der Waals surface area contributed by atoms with Gasteiger partial charge in [0.2, 0.25) is 0 Å². The molecule has 0 saturated heterocycles. The SMILES string of the molecule is CCCCCCCCCCCc1cccc(C(=O)OC)c1. The van der Waals surface area contributed by atoms with Crippen LogP contribution >= 0.6 is 0 Å². The lowest BCUT2D eigenvalue weighted by molar-refractivity contribution is 0.0600. The number of hydrogen-bond donors (Lipinski definition) is 0. The highest BCUT2D eigenvalue weighted by Gasteiger charge is 2.05. The van der Waals surface area contributed by atoms with Crippen LogP contribution in [0.25, 0.3) is 0 Å². The summed E-state index contributed by atoms with van der Waals surface area (Å²) in [7, 11) is 1.43. The van der Waals surface area contributed by atoms with E-state index in [9.17, 15) is 4.79 Å². The van der Waals surface area contributed by atoms with Crippen LogP contribution in [0, 0.1) is 0 Å². The van der Waals surface area contributed by atoms with E-state index in [1.54, 1.807) is 0 Å². The van der Waals surface area contributed by atoms with E-state index in [2.05, 4.69) is 13.0 Å². The molecule has 0 fully saturated rings. The highest BCUT2D eigenvalue weighted by molar-refractivity contribution is 5.89. The Morgan fingerprint density at radius 2 is 1.57 bits per heavy atom. The molecule has 0 aliphatic rings. The summed E-state index contributed by atoms with van der Waals surface area (Å²) >= 11 is 0. The number of hydrogen-bond acceptors (Lipinski definition) is 2. The standard InChI is InChI=1S/C19H30O2/c1-3-4-5-6-7-8-9-10-11-13-17-14-12-15-18(16-17)19(20)21-2/h12,14-16H,3-11,13H2,1-2H3. The van der Waals surface area contributed by atoms with E-state index in [1.807, 2.05) is 18.2 Å². The van der Waals surface area contributed by atoms with Crippen molar-refractivity contribution in [3.05, 3.63) is 35.4 Å². The molecule has 0 N–H and O–H groups in total. The first-order valence-electron chi connectivity index (χ1n) is 8.45. The van der Waals surface area contributed by atoms with Gasteiger partial charge in [0, 0.05) is 0 Å². The van der Waals surface area contributed by atoms with Gasteiger partial charge in [0.05, 0.1) is 12.7 Å². The summed E-state index contributed by atoms with van der Waals surface area (Å²) < 4.78 is 4.75. The van der Waals surface area contributed by atoms with Crippen molar-refractivity contribution < 1.29 is 9.53 Å². The third-order valence-corrected chi connectivity index (χ3v) is 3.92. The van der Waals surface area contributed by atoms with Crippen LogP contribution in [0.4, 0.5) is 0 Å². The number of unbranched alkanes of at least 4 members (excludes halogenated alkanes) is 8. The van der Waals surface area contributed by atoms with Gasteiger partial charge in [-0.15, -0.1) is 0 Å². The first kappa shape index (κ1) is 17.7. The number of esters is 1. The number of carbonyl (C=O) groups is 1. The van der Waals surface area contributed by atoms with Crippen LogP contribution in [-0.4, -0.2) is 13.1 Å². The maximum atomic E-state index is 11.5. The average molecular weight is 290 g/mol. The Balaban J connectivity index is 2.11. The Morgan fingerprint density at radius 3 is 2.19 bits per heavy atom. The molecule has 21 heavy (non-hydrogen) atoms. The second-order valence-corrected chi connectivity index (χ2v) is 5.77. The van der Waals surface area contributed by atoms with Crippen LogP contribution in [0.2, 0.25) is 0 Å². The normalized spacial score (nSPS) is 10.6. The molecule has 0 saturated carbocycles. The van der Waals surface area contributed by atoms with Crippen LogP contribution in [0.5, 0.6) is 0 Å². The van der Waals surface area contributed by atoms with Crippen molar-refractivity contribution >= 4 is 5.97 Å². The van der Waals surface area contributed by atoms with E-state index < -0.39 is 0 Å². The molecule has 0 aromatic heterocycles. The van der Waals surface area contributed by atoms with Crippen LogP contribution in [0.1, 0.15) is 80.6 Å². The number of benzene rings is 1. The van der Waals surface area contributed by atoms with Gasteiger partial charge in [0.15, 0.2) is 0 Å². The Hall–Kier alpha value is -1.31. The molecule has 0 spiro atoms. The molecule has 0 unspecified atom stereocenters. The monoisotopic (exact) mass is 290 g/mol. The molecular weight excluding hydrogens is 260 g/mol.